The second-order valence-corrected chi connectivity index (χ2v) is 9.95. The van der Waals surface area contributed by atoms with Gasteiger partial charge in [0.25, 0.3) is 5.91 Å². The van der Waals surface area contributed by atoms with Crippen LogP contribution in [0.15, 0.2) is 77.3 Å². The summed E-state index contributed by atoms with van der Waals surface area (Å²) in [6.45, 7) is 6.00. The number of carbonyl (C=O) groups is 2. The number of benzene rings is 3. The van der Waals surface area contributed by atoms with Gasteiger partial charge in [-0.2, -0.15) is 0 Å². The van der Waals surface area contributed by atoms with Gasteiger partial charge in [0, 0.05) is 23.5 Å². The zero-order valence-corrected chi connectivity index (χ0v) is 23.5. The molecule has 0 aliphatic rings. The van der Waals surface area contributed by atoms with Crippen LogP contribution in [0.3, 0.4) is 0 Å². The second-order valence-electron chi connectivity index (χ2n) is 9.10. The fraction of sp³-hybridized carbons (Fsp3) is 0.333. The number of aryl methyl sites for hydroxylation is 1. The zero-order valence-electron chi connectivity index (χ0n) is 21.9. The largest absolute Gasteiger partial charge is 0.497 e. The lowest BCUT2D eigenvalue weighted by atomic mass is 10.0. The van der Waals surface area contributed by atoms with Gasteiger partial charge in [0.2, 0.25) is 5.91 Å². The Kier molecular flexibility index (Phi) is 10.6. The van der Waals surface area contributed by atoms with E-state index in [9.17, 15) is 9.59 Å². The number of carbonyl (C=O) groups excluding carboxylic acids is 2. The molecule has 0 unspecified atom stereocenters. The fourth-order valence-corrected chi connectivity index (χ4v) is 4.14. The van der Waals surface area contributed by atoms with E-state index in [2.05, 4.69) is 21.2 Å². The Morgan fingerprint density at radius 3 is 2.38 bits per heavy atom. The van der Waals surface area contributed by atoms with Gasteiger partial charge in [-0.15, -0.1) is 0 Å². The Bertz CT molecular complexity index is 1190. The molecule has 0 radical (unpaired) electrons. The smallest absolute Gasteiger partial charge is 0.261 e. The fourth-order valence-electron chi connectivity index (χ4n) is 3.90. The Balaban J connectivity index is 1.93. The van der Waals surface area contributed by atoms with Crippen LogP contribution < -0.4 is 14.8 Å². The Morgan fingerprint density at radius 1 is 0.973 bits per heavy atom. The predicted molar refractivity (Wildman–Crippen MR) is 150 cm³/mol. The first-order chi connectivity index (χ1) is 17.8. The molecule has 7 heteroatoms. The van der Waals surface area contributed by atoms with E-state index in [0.717, 1.165) is 27.6 Å². The van der Waals surface area contributed by atoms with E-state index in [-0.39, 0.29) is 31.0 Å². The molecule has 0 saturated heterocycles. The third-order valence-electron chi connectivity index (χ3n) is 6.25. The van der Waals surface area contributed by atoms with Crippen LogP contribution in [-0.4, -0.2) is 42.5 Å². The van der Waals surface area contributed by atoms with Crippen molar-refractivity contribution in [1.29, 1.82) is 0 Å². The highest BCUT2D eigenvalue weighted by atomic mass is 79.9. The molecular formula is C30H35BrN2O4. The SMILES string of the molecule is CC[C@H](C)NC(=O)[C@H](Cc1ccccc1)N(Cc1cccc(OC)c1)C(=O)COc1ccc(Br)c(C)c1. The normalized spacial score (nSPS) is 12.4. The lowest BCUT2D eigenvalue weighted by molar-refractivity contribution is -0.143. The third kappa shape index (κ3) is 8.35. The van der Waals surface area contributed by atoms with E-state index < -0.39 is 6.04 Å². The molecule has 0 bridgehead atoms. The van der Waals surface area contributed by atoms with Crippen LogP contribution in [0.5, 0.6) is 11.5 Å². The minimum Gasteiger partial charge on any atom is -0.497 e. The maximum Gasteiger partial charge on any atom is 0.261 e. The van der Waals surface area contributed by atoms with Gasteiger partial charge in [0.05, 0.1) is 7.11 Å². The molecule has 0 fully saturated rings. The van der Waals surface area contributed by atoms with Crippen molar-refractivity contribution in [3.63, 3.8) is 0 Å². The van der Waals surface area contributed by atoms with Crippen LogP contribution in [-0.2, 0) is 22.6 Å². The Morgan fingerprint density at radius 2 is 1.70 bits per heavy atom. The molecule has 0 saturated carbocycles. The number of nitrogens with one attached hydrogen (secondary N) is 1. The van der Waals surface area contributed by atoms with E-state index >= 15 is 0 Å². The molecule has 1 N–H and O–H groups in total. The van der Waals surface area contributed by atoms with Crippen LogP contribution in [0.4, 0.5) is 0 Å². The van der Waals surface area contributed by atoms with Crippen LogP contribution in [0.25, 0.3) is 0 Å². The molecule has 6 nitrogen and oxygen atoms in total. The van der Waals surface area contributed by atoms with Gasteiger partial charge >= 0.3 is 0 Å². The van der Waals surface area contributed by atoms with Crippen molar-refractivity contribution in [2.45, 2.75) is 52.2 Å². The van der Waals surface area contributed by atoms with E-state index in [0.29, 0.717) is 17.9 Å². The van der Waals surface area contributed by atoms with Gasteiger partial charge in [-0.1, -0.05) is 65.3 Å². The third-order valence-corrected chi connectivity index (χ3v) is 7.14. The van der Waals surface area contributed by atoms with E-state index in [1.54, 1.807) is 12.0 Å². The van der Waals surface area contributed by atoms with Gasteiger partial charge in [0.1, 0.15) is 17.5 Å². The van der Waals surface area contributed by atoms with Crippen molar-refractivity contribution in [2.24, 2.45) is 0 Å². The summed E-state index contributed by atoms with van der Waals surface area (Å²) in [4.78, 5) is 28.9. The molecule has 0 aliphatic carbocycles. The lowest BCUT2D eigenvalue weighted by Gasteiger charge is -2.32. The van der Waals surface area contributed by atoms with Crippen molar-refractivity contribution in [1.82, 2.24) is 10.2 Å². The topological polar surface area (TPSA) is 67.9 Å². The summed E-state index contributed by atoms with van der Waals surface area (Å²) in [5.74, 6) is 0.826. The van der Waals surface area contributed by atoms with Gasteiger partial charge < -0.3 is 19.7 Å². The number of hydrogen-bond donors (Lipinski definition) is 1. The summed E-state index contributed by atoms with van der Waals surface area (Å²) < 4.78 is 12.2. The average Bonchev–Trinajstić information content (AvgIpc) is 2.91. The van der Waals surface area contributed by atoms with E-state index in [4.69, 9.17) is 9.47 Å². The number of ether oxygens (including phenoxy) is 2. The summed E-state index contributed by atoms with van der Waals surface area (Å²) in [6.07, 6.45) is 1.18. The summed E-state index contributed by atoms with van der Waals surface area (Å²) in [5.41, 5.74) is 2.84. The van der Waals surface area contributed by atoms with Gasteiger partial charge in [-0.05, 0) is 67.3 Å². The molecule has 3 aromatic carbocycles. The minimum atomic E-state index is -0.717. The first-order valence-electron chi connectivity index (χ1n) is 12.5. The van der Waals surface area contributed by atoms with Crippen molar-refractivity contribution in [3.8, 4) is 11.5 Å². The number of amides is 2. The quantitative estimate of drug-likeness (QED) is 0.305. The Labute approximate surface area is 228 Å². The standard InChI is InChI=1S/C30H35BrN2O4/c1-5-22(3)32-30(35)28(18-23-10-7-6-8-11-23)33(19-24-12-9-13-25(17-24)36-4)29(34)20-37-26-14-15-27(31)21(2)16-26/h6-17,22,28H,5,18-20H2,1-4H3,(H,32,35)/t22-,28-/m0/s1. The molecule has 196 valence electrons. The van der Waals surface area contributed by atoms with Crippen molar-refractivity contribution < 1.29 is 19.1 Å². The van der Waals surface area contributed by atoms with Gasteiger partial charge in [-0.3, -0.25) is 9.59 Å². The molecular weight excluding hydrogens is 532 g/mol. The first-order valence-corrected chi connectivity index (χ1v) is 13.3. The second kappa shape index (κ2) is 13.8. The first kappa shape index (κ1) is 28.3. The highest BCUT2D eigenvalue weighted by molar-refractivity contribution is 9.10. The molecule has 2 amide bonds. The van der Waals surface area contributed by atoms with Crippen LogP contribution in [0.2, 0.25) is 0 Å². The summed E-state index contributed by atoms with van der Waals surface area (Å²) >= 11 is 3.49. The monoisotopic (exact) mass is 566 g/mol. The van der Waals surface area contributed by atoms with Crippen LogP contribution >= 0.6 is 15.9 Å². The number of methoxy groups -OCH3 is 1. The number of hydrogen-bond acceptors (Lipinski definition) is 4. The van der Waals surface area contributed by atoms with Crippen molar-refractivity contribution in [3.05, 3.63) is 94.0 Å². The predicted octanol–water partition coefficient (Wildman–Crippen LogP) is 5.70. The maximum atomic E-state index is 13.7. The number of rotatable bonds is 12. The Hall–Kier alpha value is -3.32. The summed E-state index contributed by atoms with van der Waals surface area (Å²) in [7, 11) is 1.61. The van der Waals surface area contributed by atoms with Crippen LogP contribution in [0, 0.1) is 6.92 Å². The van der Waals surface area contributed by atoms with Crippen molar-refractivity contribution >= 4 is 27.7 Å². The number of halogens is 1. The molecule has 37 heavy (non-hydrogen) atoms. The number of nitrogens with zero attached hydrogens (tertiary/aromatic N) is 1. The molecule has 3 aromatic rings. The highest BCUT2D eigenvalue weighted by Gasteiger charge is 2.31. The molecule has 0 aromatic heterocycles. The molecule has 2 atom stereocenters. The zero-order chi connectivity index (χ0) is 26.8. The van der Waals surface area contributed by atoms with Gasteiger partial charge in [-0.25, -0.2) is 0 Å². The molecule has 0 heterocycles. The van der Waals surface area contributed by atoms with Gasteiger partial charge in [0.15, 0.2) is 6.61 Å². The average molecular weight is 568 g/mol. The van der Waals surface area contributed by atoms with Crippen LogP contribution in [0.1, 0.15) is 37.0 Å². The highest BCUT2D eigenvalue weighted by Crippen LogP contribution is 2.23. The van der Waals surface area contributed by atoms with Crippen molar-refractivity contribution in [2.75, 3.05) is 13.7 Å². The minimum absolute atomic E-state index is 0.0125. The molecule has 0 spiro atoms. The summed E-state index contributed by atoms with van der Waals surface area (Å²) in [5, 5.41) is 3.08. The lowest BCUT2D eigenvalue weighted by Crippen LogP contribution is -2.53. The van der Waals surface area contributed by atoms with E-state index in [1.165, 1.54) is 0 Å². The van der Waals surface area contributed by atoms with E-state index in [1.807, 2.05) is 93.6 Å². The maximum absolute atomic E-state index is 13.7. The molecule has 0 aliphatic heterocycles. The molecule has 3 rings (SSSR count). The summed E-state index contributed by atoms with van der Waals surface area (Å²) in [6, 6.07) is 22.1.